The number of amides is 2. The van der Waals surface area contributed by atoms with E-state index in [9.17, 15) is 9.59 Å². The van der Waals surface area contributed by atoms with Gasteiger partial charge < -0.3 is 10.2 Å². The maximum atomic E-state index is 13.8. The fourth-order valence-electron chi connectivity index (χ4n) is 4.43. The average Bonchev–Trinajstić information content (AvgIpc) is 2.90. The monoisotopic (exact) mass is 498 g/mol. The Morgan fingerprint density at radius 3 is 2.11 bits per heavy atom. The van der Waals surface area contributed by atoms with Crippen LogP contribution in [0.3, 0.4) is 0 Å². The summed E-state index contributed by atoms with van der Waals surface area (Å²) in [4.78, 5) is 29.3. The predicted octanol–water partition coefficient (Wildman–Crippen LogP) is 6.61. The van der Waals surface area contributed by atoms with Crippen molar-refractivity contribution in [2.45, 2.75) is 84.8 Å². The first kappa shape index (κ1) is 28.2. The quantitative estimate of drug-likeness (QED) is 0.306. The molecule has 2 atom stereocenters. The van der Waals surface area contributed by atoms with Gasteiger partial charge in [0.05, 0.1) is 0 Å². The Bertz CT molecular complexity index is 1140. The maximum Gasteiger partial charge on any atom is 0.243 e. The molecule has 0 heterocycles. The second-order valence-corrected chi connectivity index (χ2v) is 10.4. The summed E-state index contributed by atoms with van der Waals surface area (Å²) in [6.07, 6.45) is 2.31. The van der Waals surface area contributed by atoms with Gasteiger partial charge in [-0.3, -0.25) is 9.59 Å². The number of nitrogens with zero attached hydrogens (tertiary/aromatic N) is 1. The first-order valence-electron chi connectivity index (χ1n) is 13.6. The highest BCUT2D eigenvalue weighted by molar-refractivity contribution is 5.88. The van der Waals surface area contributed by atoms with Crippen LogP contribution in [-0.2, 0) is 29.0 Å². The lowest BCUT2D eigenvalue weighted by Crippen LogP contribution is -2.52. The van der Waals surface area contributed by atoms with Gasteiger partial charge >= 0.3 is 0 Å². The molecule has 1 N–H and O–H groups in total. The molecular formula is C33H42N2O2. The Labute approximate surface area is 223 Å². The molecule has 0 aliphatic rings. The highest BCUT2D eigenvalue weighted by Gasteiger charge is 2.31. The smallest absolute Gasteiger partial charge is 0.243 e. The van der Waals surface area contributed by atoms with Crippen molar-refractivity contribution in [2.24, 2.45) is 0 Å². The number of aryl methyl sites for hydroxylation is 2. The number of nitrogens with one attached hydrogen (secondary N) is 1. The van der Waals surface area contributed by atoms with Crippen molar-refractivity contribution in [3.05, 3.63) is 107 Å². The molecule has 3 aromatic rings. The van der Waals surface area contributed by atoms with Gasteiger partial charge in [0.15, 0.2) is 0 Å². The Morgan fingerprint density at radius 2 is 1.49 bits per heavy atom. The van der Waals surface area contributed by atoms with Gasteiger partial charge in [0, 0.05) is 25.4 Å². The molecular weight excluding hydrogens is 456 g/mol. The predicted molar refractivity (Wildman–Crippen MR) is 152 cm³/mol. The fraction of sp³-hybridized carbons (Fsp3) is 0.394. The molecule has 0 aliphatic heterocycles. The van der Waals surface area contributed by atoms with Crippen LogP contribution in [0.4, 0.5) is 0 Å². The summed E-state index contributed by atoms with van der Waals surface area (Å²) < 4.78 is 0. The van der Waals surface area contributed by atoms with Crippen LogP contribution >= 0.6 is 0 Å². The molecule has 0 aliphatic carbocycles. The van der Waals surface area contributed by atoms with Gasteiger partial charge in [-0.15, -0.1) is 0 Å². The van der Waals surface area contributed by atoms with Gasteiger partial charge in [-0.05, 0) is 60.4 Å². The Kier molecular flexibility index (Phi) is 10.5. The van der Waals surface area contributed by atoms with Gasteiger partial charge in [-0.2, -0.15) is 0 Å². The van der Waals surface area contributed by atoms with E-state index in [1.165, 1.54) is 5.56 Å². The number of hydrogen-bond donors (Lipinski definition) is 1. The number of carbonyl (C=O) groups is 2. The van der Waals surface area contributed by atoms with Crippen molar-refractivity contribution in [3.63, 3.8) is 0 Å². The van der Waals surface area contributed by atoms with E-state index in [4.69, 9.17) is 0 Å². The van der Waals surface area contributed by atoms with Crippen molar-refractivity contribution in [1.29, 1.82) is 0 Å². The summed E-state index contributed by atoms with van der Waals surface area (Å²) in [6.45, 7) is 10.9. The van der Waals surface area contributed by atoms with Crippen LogP contribution in [0.1, 0.15) is 74.3 Å². The third-order valence-electron chi connectivity index (χ3n) is 7.15. The van der Waals surface area contributed by atoms with Crippen molar-refractivity contribution in [2.75, 3.05) is 0 Å². The lowest BCUT2D eigenvalue weighted by molar-refractivity contribution is -0.141. The molecule has 0 radical (unpaired) electrons. The van der Waals surface area contributed by atoms with E-state index in [-0.39, 0.29) is 17.9 Å². The third-order valence-corrected chi connectivity index (χ3v) is 7.15. The molecule has 0 saturated heterocycles. The summed E-state index contributed by atoms with van der Waals surface area (Å²) in [7, 11) is 0. The molecule has 0 unspecified atom stereocenters. The minimum absolute atomic E-state index is 0.00331. The summed E-state index contributed by atoms with van der Waals surface area (Å²) in [5.41, 5.74) is 5.65. The molecule has 0 fully saturated rings. The summed E-state index contributed by atoms with van der Waals surface area (Å²) in [5.74, 6) is 0.376. The zero-order valence-electron chi connectivity index (χ0n) is 23.0. The van der Waals surface area contributed by atoms with E-state index in [0.29, 0.717) is 31.7 Å². The molecule has 196 valence electrons. The molecule has 4 heteroatoms. The van der Waals surface area contributed by atoms with Crippen LogP contribution in [0.25, 0.3) is 0 Å². The summed E-state index contributed by atoms with van der Waals surface area (Å²) in [6, 6.07) is 26.1. The summed E-state index contributed by atoms with van der Waals surface area (Å²) >= 11 is 0. The van der Waals surface area contributed by atoms with Crippen molar-refractivity contribution >= 4 is 11.8 Å². The van der Waals surface area contributed by atoms with Crippen molar-refractivity contribution in [1.82, 2.24) is 10.2 Å². The normalized spacial score (nSPS) is 12.7. The molecule has 0 spiro atoms. The van der Waals surface area contributed by atoms with Gasteiger partial charge in [0.2, 0.25) is 11.8 Å². The first-order valence-corrected chi connectivity index (χ1v) is 13.6. The second-order valence-electron chi connectivity index (χ2n) is 10.4. The highest BCUT2D eigenvalue weighted by Crippen LogP contribution is 2.20. The molecule has 0 saturated carbocycles. The van der Waals surface area contributed by atoms with E-state index in [1.807, 2.05) is 55.5 Å². The lowest BCUT2D eigenvalue weighted by atomic mass is 9.99. The van der Waals surface area contributed by atoms with E-state index in [2.05, 4.69) is 63.3 Å². The molecule has 2 amide bonds. The van der Waals surface area contributed by atoms with Crippen LogP contribution in [0, 0.1) is 6.92 Å². The lowest BCUT2D eigenvalue weighted by Gasteiger charge is -2.33. The number of rotatable bonds is 12. The second kappa shape index (κ2) is 13.8. The van der Waals surface area contributed by atoms with Crippen LogP contribution in [-0.4, -0.2) is 28.8 Å². The largest absolute Gasteiger partial charge is 0.352 e. The average molecular weight is 499 g/mol. The van der Waals surface area contributed by atoms with Crippen LogP contribution in [0.15, 0.2) is 78.9 Å². The molecule has 37 heavy (non-hydrogen) atoms. The number of benzene rings is 3. The zero-order valence-corrected chi connectivity index (χ0v) is 23.0. The topological polar surface area (TPSA) is 49.4 Å². The van der Waals surface area contributed by atoms with Gasteiger partial charge in [-0.25, -0.2) is 0 Å². The van der Waals surface area contributed by atoms with Crippen LogP contribution in [0.2, 0.25) is 0 Å². The van der Waals surface area contributed by atoms with E-state index in [0.717, 1.165) is 28.7 Å². The highest BCUT2D eigenvalue weighted by atomic mass is 16.2. The Balaban J connectivity index is 1.90. The number of hydrogen-bond acceptors (Lipinski definition) is 2. The van der Waals surface area contributed by atoms with Gasteiger partial charge in [-0.1, -0.05) is 99.6 Å². The summed E-state index contributed by atoms with van der Waals surface area (Å²) in [5, 5.41) is 3.14. The molecule has 0 bridgehead atoms. The molecule has 0 aromatic heterocycles. The van der Waals surface area contributed by atoms with Gasteiger partial charge in [0.25, 0.3) is 0 Å². The first-order chi connectivity index (χ1) is 17.8. The molecule has 4 nitrogen and oxygen atoms in total. The fourth-order valence-corrected chi connectivity index (χ4v) is 4.43. The van der Waals surface area contributed by atoms with Crippen molar-refractivity contribution in [3.8, 4) is 0 Å². The third kappa shape index (κ3) is 8.31. The molecule has 3 aromatic carbocycles. The minimum atomic E-state index is -0.591. The van der Waals surface area contributed by atoms with Crippen molar-refractivity contribution < 1.29 is 9.59 Å². The van der Waals surface area contributed by atoms with Crippen LogP contribution in [0.5, 0.6) is 0 Å². The van der Waals surface area contributed by atoms with Crippen LogP contribution < -0.4 is 5.32 Å². The zero-order chi connectivity index (χ0) is 26.8. The Morgan fingerprint density at radius 1 is 0.838 bits per heavy atom. The van der Waals surface area contributed by atoms with E-state index in [1.54, 1.807) is 4.90 Å². The van der Waals surface area contributed by atoms with E-state index >= 15 is 0 Å². The SMILES string of the molecule is CC[C@H](C)NC(=O)[C@@H](Cc1ccccc1)N(Cc1ccccc1C)C(=O)CCc1ccc(C(C)C)cc1. The maximum absolute atomic E-state index is 13.8. The van der Waals surface area contributed by atoms with Gasteiger partial charge in [0.1, 0.15) is 6.04 Å². The standard InChI is InChI=1S/C33H42N2O2/c1-6-26(5)34-33(37)31(22-28-13-8-7-9-14-28)35(23-30-15-11-10-12-25(30)4)32(36)21-18-27-16-19-29(20-17-27)24(2)3/h7-17,19-20,24,26,31H,6,18,21-23H2,1-5H3,(H,34,37)/t26-,31+/m0/s1. The minimum Gasteiger partial charge on any atom is -0.352 e. The van der Waals surface area contributed by atoms with E-state index < -0.39 is 6.04 Å². The molecule has 3 rings (SSSR count). The Hall–Kier alpha value is -3.40. The number of carbonyl (C=O) groups excluding carboxylic acids is 2.